The van der Waals surface area contributed by atoms with Crippen molar-refractivity contribution in [3.63, 3.8) is 0 Å². The Bertz CT molecular complexity index is 201. The number of carboxylic acids is 1. The van der Waals surface area contributed by atoms with Crippen LogP contribution in [0.5, 0.6) is 0 Å². The molecule has 1 aliphatic rings. The lowest BCUT2D eigenvalue weighted by molar-refractivity contribution is -0.131. The number of rotatable bonds is 4. The van der Waals surface area contributed by atoms with E-state index >= 15 is 0 Å². The molecule has 0 bridgehead atoms. The first-order valence-electron chi connectivity index (χ1n) is 4.21. The van der Waals surface area contributed by atoms with Crippen molar-refractivity contribution in [3.05, 3.63) is 12.3 Å². The van der Waals surface area contributed by atoms with Crippen LogP contribution in [0.4, 0.5) is 0 Å². The van der Waals surface area contributed by atoms with E-state index in [9.17, 15) is 4.79 Å². The van der Waals surface area contributed by atoms with E-state index in [1.54, 1.807) is 6.20 Å². The maximum Gasteiger partial charge on any atom is 0.329 e. The van der Waals surface area contributed by atoms with Crippen molar-refractivity contribution in [3.8, 4) is 0 Å². The molecule has 12 heavy (non-hydrogen) atoms. The summed E-state index contributed by atoms with van der Waals surface area (Å²) >= 11 is 0. The van der Waals surface area contributed by atoms with Crippen molar-refractivity contribution in [2.24, 2.45) is 11.8 Å². The predicted octanol–water partition coefficient (Wildman–Crippen LogP) is 1.17. The summed E-state index contributed by atoms with van der Waals surface area (Å²) in [6.45, 7) is 3.20. The van der Waals surface area contributed by atoms with Crippen LogP contribution >= 0.6 is 0 Å². The Hall–Kier alpha value is -0.990. The number of carboxylic acid groups (broad SMARTS) is 1. The van der Waals surface area contributed by atoms with Crippen LogP contribution in [-0.2, 0) is 4.79 Å². The molecule has 1 fully saturated rings. The zero-order valence-corrected chi connectivity index (χ0v) is 7.53. The molecule has 0 aliphatic heterocycles. The number of aliphatic carboxylic acids is 1. The van der Waals surface area contributed by atoms with Crippen LogP contribution in [0.1, 0.15) is 13.3 Å². The van der Waals surface area contributed by atoms with Crippen LogP contribution < -0.4 is 0 Å². The smallest absolute Gasteiger partial charge is 0.329 e. The van der Waals surface area contributed by atoms with Gasteiger partial charge >= 0.3 is 5.97 Å². The Morgan fingerprint density at radius 1 is 1.75 bits per heavy atom. The quantitative estimate of drug-likeness (QED) is 0.642. The fourth-order valence-electron chi connectivity index (χ4n) is 1.28. The van der Waals surface area contributed by atoms with Crippen LogP contribution in [0.15, 0.2) is 12.3 Å². The van der Waals surface area contributed by atoms with Crippen LogP contribution in [0.3, 0.4) is 0 Å². The summed E-state index contributed by atoms with van der Waals surface area (Å²) in [6, 6.07) is 0. The summed E-state index contributed by atoms with van der Waals surface area (Å²) in [5.74, 6) is 0.713. The van der Waals surface area contributed by atoms with Gasteiger partial charge in [-0.05, 0) is 18.3 Å². The van der Waals surface area contributed by atoms with Gasteiger partial charge in [-0.3, -0.25) is 0 Å². The average molecular weight is 169 g/mol. The summed E-state index contributed by atoms with van der Waals surface area (Å²) < 4.78 is 0. The van der Waals surface area contributed by atoms with Gasteiger partial charge in [0.05, 0.1) is 0 Å². The Kier molecular flexibility index (Phi) is 2.74. The maximum atomic E-state index is 10.2. The Morgan fingerprint density at radius 2 is 2.33 bits per heavy atom. The standard InChI is InChI=1S/C9H15NO2/c1-7-5-8(7)6-10(2)4-3-9(11)12/h3-4,7-8H,5-6H2,1-2H3,(H,11,12). The van der Waals surface area contributed by atoms with Gasteiger partial charge in [-0.2, -0.15) is 0 Å². The molecule has 0 aromatic rings. The molecule has 2 unspecified atom stereocenters. The van der Waals surface area contributed by atoms with Crippen molar-refractivity contribution in [1.82, 2.24) is 4.90 Å². The van der Waals surface area contributed by atoms with Crippen LogP contribution in [0.25, 0.3) is 0 Å². The van der Waals surface area contributed by atoms with Crippen molar-refractivity contribution in [1.29, 1.82) is 0 Å². The zero-order chi connectivity index (χ0) is 9.14. The molecule has 0 amide bonds. The van der Waals surface area contributed by atoms with E-state index in [0.29, 0.717) is 0 Å². The van der Waals surface area contributed by atoms with Gasteiger partial charge in [0.15, 0.2) is 0 Å². The molecule has 0 radical (unpaired) electrons. The Morgan fingerprint density at radius 3 is 2.75 bits per heavy atom. The van der Waals surface area contributed by atoms with Gasteiger partial charge in [-0.1, -0.05) is 6.92 Å². The monoisotopic (exact) mass is 169 g/mol. The third kappa shape index (κ3) is 2.95. The molecular formula is C9H15NO2. The third-order valence-electron chi connectivity index (χ3n) is 2.27. The normalized spacial score (nSPS) is 27.5. The van der Waals surface area contributed by atoms with Crippen LogP contribution in [0, 0.1) is 11.8 Å². The van der Waals surface area contributed by atoms with Crippen molar-refractivity contribution in [2.75, 3.05) is 13.6 Å². The van der Waals surface area contributed by atoms with Crippen molar-refractivity contribution in [2.45, 2.75) is 13.3 Å². The SMILES string of the molecule is CC1CC1CN(C)C=CC(=O)O. The van der Waals surface area contributed by atoms with Crippen LogP contribution in [0.2, 0.25) is 0 Å². The van der Waals surface area contributed by atoms with Gasteiger partial charge in [0, 0.05) is 25.9 Å². The molecule has 1 rings (SSSR count). The molecule has 1 saturated carbocycles. The highest BCUT2D eigenvalue weighted by Gasteiger charge is 2.32. The Labute approximate surface area is 72.7 Å². The number of carbonyl (C=O) groups is 1. The lowest BCUT2D eigenvalue weighted by atomic mass is 10.3. The molecule has 1 aliphatic carbocycles. The summed E-state index contributed by atoms with van der Waals surface area (Å²) in [5, 5.41) is 8.35. The molecule has 0 aromatic carbocycles. The Balaban J connectivity index is 2.20. The predicted molar refractivity (Wildman–Crippen MR) is 46.7 cm³/mol. The van der Waals surface area contributed by atoms with Gasteiger partial charge in [0.2, 0.25) is 0 Å². The molecule has 2 atom stereocenters. The number of hydrogen-bond acceptors (Lipinski definition) is 2. The third-order valence-corrected chi connectivity index (χ3v) is 2.27. The highest BCUT2D eigenvalue weighted by Crippen LogP contribution is 2.37. The largest absolute Gasteiger partial charge is 0.478 e. The molecule has 0 spiro atoms. The molecule has 0 saturated heterocycles. The van der Waals surface area contributed by atoms with E-state index in [0.717, 1.165) is 18.4 Å². The minimum absolute atomic E-state index is 0.772. The van der Waals surface area contributed by atoms with Crippen molar-refractivity contribution < 1.29 is 9.90 Å². The second kappa shape index (κ2) is 3.61. The summed E-state index contributed by atoms with van der Waals surface area (Å²) in [6.07, 6.45) is 4.08. The first-order chi connectivity index (χ1) is 5.59. The summed E-state index contributed by atoms with van der Waals surface area (Å²) in [5.41, 5.74) is 0. The summed E-state index contributed by atoms with van der Waals surface area (Å²) in [7, 11) is 1.91. The summed E-state index contributed by atoms with van der Waals surface area (Å²) in [4.78, 5) is 12.1. The van der Waals surface area contributed by atoms with E-state index in [4.69, 9.17) is 5.11 Å². The molecule has 0 aromatic heterocycles. The lowest BCUT2D eigenvalue weighted by Gasteiger charge is -2.12. The highest BCUT2D eigenvalue weighted by molar-refractivity contribution is 5.79. The average Bonchev–Trinajstić information content (AvgIpc) is 2.62. The van der Waals surface area contributed by atoms with Crippen LogP contribution in [-0.4, -0.2) is 29.6 Å². The topological polar surface area (TPSA) is 40.5 Å². The molecule has 3 heteroatoms. The van der Waals surface area contributed by atoms with Gasteiger partial charge in [0.25, 0.3) is 0 Å². The minimum Gasteiger partial charge on any atom is -0.478 e. The first-order valence-corrected chi connectivity index (χ1v) is 4.21. The fraction of sp³-hybridized carbons (Fsp3) is 0.667. The molecule has 1 N–H and O–H groups in total. The molecular weight excluding hydrogens is 154 g/mol. The van der Waals surface area contributed by atoms with Crippen molar-refractivity contribution >= 4 is 5.97 Å². The number of hydrogen-bond donors (Lipinski definition) is 1. The van der Waals surface area contributed by atoms with E-state index < -0.39 is 5.97 Å². The number of nitrogens with zero attached hydrogens (tertiary/aromatic N) is 1. The molecule has 68 valence electrons. The van der Waals surface area contributed by atoms with Gasteiger partial charge in [-0.25, -0.2) is 4.79 Å². The van der Waals surface area contributed by atoms with E-state index in [2.05, 4.69) is 6.92 Å². The molecule has 0 heterocycles. The first kappa shape index (κ1) is 9.10. The highest BCUT2D eigenvalue weighted by atomic mass is 16.4. The second-order valence-electron chi connectivity index (χ2n) is 3.57. The fourth-order valence-corrected chi connectivity index (χ4v) is 1.28. The second-order valence-corrected chi connectivity index (χ2v) is 3.57. The van der Waals surface area contributed by atoms with E-state index in [1.807, 2.05) is 11.9 Å². The molecule has 3 nitrogen and oxygen atoms in total. The lowest BCUT2D eigenvalue weighted by Crippen LogP contribution is -2.14. The zero-order valence-electron chi connectivity index (χ0n) is 7.53. The van der Waals surface area contributed by atoms with Gasteiger partial charge in [-0.15, -0.1) is 0 Å². The van der Waals surface area contributed by atoms with E-state index in [1.165, 1.54) is 12.5 Å². The minimum atomic E-state index is -0.884. The maximum absolute atomic E-state index is 10.2. The van der Waals surface area contributed by atoms with Gasteiger partial charge in [0.1, 0.15) is 0 Å². The van der Waals surface area contributed by atoms with E-state index in [-0.39, 0.29) is 0 Å². The van der Waals surface area contributed by atoms with Gasteiger partial charge < -0.3 is 10.0 Å².